The lowest BCUT2D eigenvalue weighted by Gasteiger charge is -2.12. The molecule has 0 saturated heterocycles. The topological polar surface area (TPSA) is 83.8 Å². The predicted octanol–water partition coefficient (Wildman–Crippen LogP) is 2.79. The van der Waals surface area contributed by atoms with Gasteiger partial charge in [-0.15, -0.1) is 0 Å². The summed E-state index contributed by atoms with van der Waals surface area (Å²) in [4.78, 5) is 19.1. The van der Waals surface area contributed by atoms with Crippen LogP contribution in [0.2, 0.25) is 10.0 Å². The van der Waals surface area contributed by atoms with Gasteiger partial charge in [0.05, 0.1) is 21.8 Å². The van der Waals surface area contributed by atoms with Crippen LogP contribution in [-0.2, 0) is 0 Å². The molecule has 0 aliphatic carbocycles. The molecule has 1 unspecified atom stereocenters. The largest absolute Gasteiger partial charge is 0.397 e. The van der Waals surface area contributed by atoms with Gasteiger partial charge in [0.15, 0.2) is 0 Å². The van der Waals surface area contributed by atoms with E-state index in [1.54, 1.807) is 12.4 Å². The minimum Gasteiger partial charge on any atom is -0.397 e. The molecule has 0 saturated carbocycles. The van der Waals surface area contributed by atoms with Crippen molar-refractivity contribution in [2.24, 2.45) is 0 Å². The van der Waals surface area contributed by atoms with Gasteiger partial charge in [-0.3, -0.25) is 4.79 Å². The number of amides is 1. The molecule has 0 fully saturated rings. The first-order chi connectivity index (χ1) is 8.99. The van der Waals surface area contributed by atoms with Crippen LogP contribution >= 0.6 is 23.2 Å². The molecule has 0 radical (unpaired) electrons. The first kappa shape index (κ1) is 13.7. The number of aromatic amines is 1. The zero-order valence-electron chi connectivity index (χ0n) is 10.1. The standard InChI is InChI=1S/C12H12Cl2N4O/c1-6(11-16-2-3-17-11)18-12(19)7-4-8(13)10(14)9(15)5-7/h2-6H,15H2,1H3,(H,16,17)(H,18,19). The Balaban J connectivity index is 2.16. The fraction of sp³-hybridized carbons (Fsp3) is 0.167. The monoisotopic (exact) mass is 298 g/mol. The lowest BCUT2D eigenvalue weighted by Crippen LogP contribution is -2.27. The Morgan fingerprint density at radius 3 is 2.79 bits per heavy atom. The average molecular weight is 299 g/mol. The second-order valence-electron chi connectivity index (χ2n) is 4.03. The molecule has 19 heavy (non-hydrogen) atoms. The summed E-state index contributed by atoms with van der Waals surface area (Å²) in [5.41, 5.74) is 6.29. The average Bonchev–Trinajstić information content (AvgIpc) is 2.89. The molecule has 2 rings (SSSR count). The summed E-state index contributed by atoms with van der Waals surface area (Å²) >= 11 is 11.7. The van der Waals surface area contributed by atoms with Gasteiger partial charge in [0.1, 0.15) is 5.82 Å². The van der Waals surface area contributed by atoms with Crippen LogP contribution in [0.25, 0.3) is 0 Å². The van der Waals surface area contributed by atoms with Gasteiger partial charge in [0.2, 0.25) is 0 Å². The summed E-state index contributed by atoms with van der Waals surface area (Å²) in [6, 6.07) is 2.71. The molecule has 0 aliphatic rings. The zero-order valence-corrected chi connectivity index (χ0v) is 11.6. The molecule has 2 aromatic rings. The van der Waals surface area contributed by atoms with E-state index in [4.69, 9.17) is 28.9 Å². The smallest absolute Gasteiger partial charge is 0.251 e. The van der Waals surface area contributed by atoms with Gasteiger partial charge < -0.3 is 16.0 Å². The summed E-state index contributed by atoms with van der Waals surface area (Å²) in [6.45, 7) is 1.82. The molecule has 7 heteroatoms. The summed E-state index contributed by atoms with van der Waals surface area (Å²) in [7, 11) is 0. The van der Waals surface area contributed by atoms with Crippen LogP contribution in [0.4, 0.5) is 5.69 Å². The summed E-state index contributed by atoms with van der Waals surface area (Å²) < 4.78 is 0. The number of carbonyl (C=O) groups excluding carboxylic acids is 1. The van der Waals surface area contributed by atoms with Crippen molar-refractivity contribution in [3.63, 3.8) is 0 Å². The number of nitrogen functional groups attached to an aromatic ring is 1. The maximum absolute atomic E-state index is 12.1. The number of nitrogens with one attached hydrogen (secondary N) is 2. The van der Waals surface area contributed by atoms with E-state index < -0.39 is 0 Å². The number of nitrogens with zero attached hydrogens (tertiary/aromatic N) is 1. The SMILES string of the molecule is CC(NC(=O)c1cc(N)c(Cl)c(Cl)c1)c1ncc[nH]1. The molecule has 100 valence electrons. The first-order valence-electron chi connectivity index (χ1n) is 5.53. The highest BCUT2D eigenvalue weighted by Gasteiger charge is 2.15. The Hall–Kier alpha value is -1.72. The van der Waals surface area contributed by atoms with Crippen molar-refractivity contribution < 1.29 is 4.79 Å². The van der Waals surface area contributed by atoms with Gasteiger partial charge in [0, 0.05) is 18.0 Å². The highest BCUT2D eigenvalue weighted by atomic mass is 35.5. The van der Waals surface area contributed by atoms with Gasteiger partial charge >= 0.3 is 0 Å². The molecule has 4 N–H and O–H groups in total. The number of nitrogens with two attached hydrogens (primary N) is 1. The molecular formula is C12H12Cl2N4O. The quantitative estimate of drug-likeness (QED) is 0.762. The van der Waals surface area contributed by atoms with Crippen LogP contribution in [0.5, 0.6) is 0 Å². The van der Waals surface area contributed by atoms with Gasteiger partial charge in [-0.2, -0.15) is 0 Å². The minimum atomic E-state index is -0.297. The third-order valence-corrected chi connectivity index (χ3v) is 3.41. The molecule has 5 nitrogen and oxygen atoms in total. The van der Waals surface area contributed by atoms with E-state index in [1.807, 2.05) is 6.92 Å². The maximum atomic E-state index is 12.1. The number of benzene rings is 1. The fourth-order valence-electron chi connectivity index (χ4n) is 1.60. The molecular weight excluding hydrogens is 287 g/mol. The Kier molecular flexibility index (Phi) is 3.97. The Morgan fingerprint density at radius 2 is 2.21 bits per heavy atom. The predicted molar refractivity (Wildman–Crippen MR) is 75.3 cm³/mol. The Bertz CT molecular complexity index is 575. The van der Waals surface area contributed by atoms with Crippen molar-refractivity contribution in [3.8, 4) is 0 Å². The van der Waals surface area contributed by atoms with E-state index in [9.17, 15) is 4.79 Å². The number of H-pyrrole nitrogens is 1. The highest BCUT2D eigenvalue weighted by molar-refractivity contribution is 6.43. The van der Waals surface area contributed by atoms with Crippen molar-refractivity contribution in [3.05, 3.63) is 46.0 Å². The van der Waals surface area contributed by atoms with E-state index >= 15 is 0 Å². The summed E-state index contributed by atoms with van der Waals surface area (Å²) in [5.74, 6) is 0.371. The number of hydrogen-bond donors (Lipinski definition) is 3. The summed E-state index contributed by atoms with van der Waals surface area (Å²) in [5, 5.41) is 3.28. The second kappa shape index (κ2) is 5.50. The molecule has 1 aromatic carbocycles. The van der Waals surface area contributed by atoms with E-state index in [-0.39, 0.29) is 27.7 Å². The van der Waals surface area contributed by atoms with E-state index in [1.165, 1.54) is 12.1 Å². The van der Waals surface area contributed by atoms with Crippen molar-refractivity contribution in [2.75, 3.05) is 5.73 Å². The van der Waals surface area contributed by atoms with Gasteiger partial charge in [-0.1, -0.05) is 23.2 Å². The minimum absolute atomic E-state index is 0.247. The van der Waals surface area contributed by atoms with Crippen LogP contribution in [0, 0.1) is 0 Å². The second-order valence-corrected chi connectivity index (χ2v) is 4.82. The van der Waals surface area contributed by atoms with E-state index in [2.05, 4.69) is 15.3 Å². The Morgan fingerprint density at radius 1 is 1.47 bits per heavy atom. The normalized spacial score (nSPS) is 12.2. The van der Waals surface area contributed by atoms with Crippen LogP contribution in [-0.4, -0.2) is 15.9 Å². The van der Waals surface area contributed by atoms with Crippen molar-refractivity contribution >= 4 is 34.8 Å². The number of rotatable bonds is 3. The molecule has 0 bridgehead atoms. The van der Waals surface area contributed by atoms with Crippen LogP contribution in [0.3, 0.4) is 0 Å². The molecule has 1 amide bonds. The van der Waals surface area contributed by atoms with E-state index in [0.717, 1.165) is 0 Å². The van der Waals surface area contributed by atoms with Crippen molar-refractivity contribution in [1.29, 1.82) is 0 Å². The molecule has 1 heterocycles. The van der Waals surface area contributed by atoms with Gasteiger partial charge in [0.25, 0.3) is 5.91 Å². The van der Waals surface area contributed by atoms with Gasteiger partial charge in [-0.25, -0.2) is 4.98 Å². The molecule has 0 aliphatic heterocycles. The number of halogens is 2. The number of anilines is 1. The fourth-order valence-corrected chi connectivity index (χ4v) is 1.94. The number of hydrogen-bond acceptors (Lipinski definition) is 3. The Labute approximate surface area is 120 Å². The molecule has 1 atom stereocenters. The summed E-state index contributed by atoms with van der Waals surface area (Å²) in [6.07, 6.45) is 3.31. The molecule has 0 spiro atoms. The van der Waals surface area contributed by atoms with Crippen LogP contribution < -0.4 is 11.1 Å². The van der Waals surface area contributed by atoms with Gasteiger partial charge in [-0.05, 0) is 19.1 Å². The number of imidazole rings is 1. The van der Waals surface area contributed by atoms with Crippen molar-refractivity contribution in [2.45, 2.75) is 13.0 Å². The first-order valence-corrected chi connectivity index (χ1v) is 6.29. The van der Waals surface area contributed by atoms with Crippen LogP contribution in [0.15, 0.2) is 24.5 Å². The lowest BCUT2D eigenvalue weighted by molar-refractivity contribution is 0.0938. The van der Waals surface area contributed by atoms with E-state index in [0.29, 0.717) is 11.4 Å². The third-order valence-electron chi connectivity index (χ3n) is 2.60. The highest BCUT2D eigenvalue weighted by Crippen LogP contribution is 2.29. The zero-order chi connectivity index (χ0) is 14.0. The van der Waals surface area contributed by atoms with Crippen LogP contribution in [0.1, 0.15) is 29.1 Å². The number of aromatic nitrogens is 2. The third kappa shape index (κ3) is 3.00. The maximum Gasteiger partial charge on any atom is 0.251 e. The molecule has 1 aromatic heterocycles. The number of carbonyl (C=O) groups is 1. The van der Waals surface area contributed by atoms with Crippen molar-refractivity contribution in [1.82, 2.24) is 15.3 Å². The lowest BCUT2D eigenvalue weighted by atomic mass is 10.1.